The van der Waals surface area contributed by atoms with Gasteiger partial charge in [-0.1, -0.05) is 67.8 Å². The first kappa shape index (κ1) is 38.8. The average molecular weight is 758 g/mol. The summed E-state index contributed by atoms with van der Waals surface area (Å²) >= 11 is 6.51. The molecule has 8 unspecified atom stereocenters. The highest BCUT2D eigenvalue weighted by molar-refractivity contribution is 8.13. The van der Waals surface area contributed by atoms with Crippen LogP contribution in [0.4, 0.5) is 5.69 Å². The predicted molar refractivity (Wildman–Crippen MR) is 219 cm³/mol. The van der Waals surface area contributed by atoms with Gasteiger partial charge in [-0.25, -0.2) is 0 Å². The van der Waals surface area contributed by atoms with Gasteiger partial charge in [0.1, 0.15) is 5.75 Å². The number of anilines is 1. The molecule has 4 aliphatic rings. The van der Waals surface area contributed by atoms with Crippen molar-refractivity contribution in [1.29, 1.82) is 0 Å². The van der Waals surface area contributed by atoms with Crippen molar-refractivity contribution in [3.8, 4) is 5.75 Å². The third-order valence-electron chi connectivity index (χ3n) is 12.2. The SMILES string of the molecule is C=S1NC(=O)c2ccc3c(c2)N(CC(c2ccc(Cl)cc2CCC)CO3)CC2CCC2C(CN2CCCS(=O)CCNCC2)CCCC(C)C1C. The van der Waals surface area contributed by atoms with E-state index in [-0.39, 0.29) is 11.8 Å². The lowest BCUT2D eigenvalue weighted by atomic mass is 9.65. The molecule has 282 valence electrons. The average Bonchev–Trinajstić information content (AvgIpc) is 3.28. The number of amides is 1. The zero-order valence-electron chi connectivity index (χ0n) is 31.2. The van der Waals surface area contributed by atoms with E-state index < -0.39 is 21.5 Å². The van der Waals surface area contributed by atoms with Crippen molar-refractivity contribution in [2.24, 2.45) is 23.7 Å². The molecule has 2 aromatic carbocycles. The van der Waals surface area contributed by atoms with E-state index in [0.29, 0.717) is 41.1 Å². The summed E-state index contributed by atoms with van der Waals surface area (Å²) in [7, 11) is -1.22. The molecule has 10 heteroatoms. The summed E-state index contributed by atoms with van der Waals surface area (Å²) in [6, 6.07) is 12.4. The van der Waals surface area contributed by atoms with Gasteiger partial charge < -0.3 is 24.6 Å². The topological polar surface area (TPSA) is 73.9 Å². The molecule has 51 heavy (non-hydrogen) atoms. The van der Waals surface area contributed by atoms with Crippen molar-refractivity contribution >= 4 is 50.5 Å². The molecule has 7 nitrogen and oxygen atoms in total. The minimum Gasteiger partial charge on any atom is -0.491 e. The molecule has 3 heterocycles. The second-order valence-corrected chi connectivity index (χ2v) is 19.6. The minimum atomic E-state index is -0.725. The summed E-state index contributed by atoms with van der Waals surface area (Å²) in [5.41, 5.74) is 4.34. The van der Waals surface area contributed by atoms with Crippen molar-refractivity contribution in [3.05, 3.63) is 58.1 Å². The van der Waals surface area contributed by atoms with Crippen molar-refractivity contribution < 1.29 is 13.7 Å². The lowest BCUT2D eigenvalue weighted by Crippen LogP contribution is -2.46. The summed E-state index contributed by atoms with van der Waals surface area (Å²) < 4.78 is 22.4. The van der Waals surface area contributed by atoms with Gasteiger partial charge in [0.2, 0.25) is 0 Å². The molecule has 0 aromatic heterocycles. The Morgan fingerprint density at radius 3 is 2.67 bits per heavy atom. The van der Waals surface area contributed by atoms with Gasteiger partial charge in [-0.15, -0.1) is 0 Å². The molecule has 1 aliphatic carbocycles. The Bertz CT molecular complexity index is 1540. The van der Waals surface area contributed by atoms with E-state index in [1.54, 1.807) is 0 Å². The number of aryl methyl sites for hydroxylation is 1. The zero-order valence-corrected chi connectivity index (χ0v) is 33.6. The summed E-state index contributed by atoms with van der Waals surface area (Å²) in [6.45, 7) is 14.2. The molecule has 2 bridgehead atoms. The van der Waals surface area contributed by atoms with Gasteiger partial charge in [0, 0.05) is 83.3 Å². The highest BCUT2D eigenvalue weighted by Gasteiger charge is 2.40. The van der Waals surface area contributed by atoms with Crippen LogP contribution in [0.1, 0.15) is 93.1 Å². The third-order valence-corrected chi connectivity index (χ3v) is 15.7. The number of hydrogen-bond acceptors (Lipinski definition) is 6. The molecule has 0 radical (unpaired) electrons. The summed E-state index contributed by atoms with van der Waals surface area (Å²) in [4.78, 5) is 18.9. The molecule has 2 fully saturated rings. The molecule has 6 rings (SSSR count). The number of nitrogens with one attached hydrogen (secondary N) is 2. The minimum absolute atomic E-state index is 0.0504. The van der Waals surface area contributed by atoms with E-state index in [2.05, 4.69) is 64.7 Å². The first-order valence-corrected chi connectivity index (χ1v) is 22.9. The fraction of sp³-hybridized carbons (Fsp3) is 0.659. The first-order valence-electron chi connectivity index (χ1n) is 19.6. The predicted octanol–water partition coefficient (Wildman–Crippen LogP) is 7.52. The van der Waals surface area contributed by atoms with Crippen LogP contribution in [0, 0.1) is 23.7 Å². The summed E-state index contributed by atoms with van der Waals surface area (Å²) in [5.74, 6) is 9.37. The van der Waals surface area contributed by atoms with Gasteiger partial charge in [0.15, 0.2) is 0 Å². The maximum Gasteiger partial charge on any atom is 0.260 e. The van der Waals surface area contributed by atoms with Crippen LogP contribution in [0.15, 0.2) is 36.4 Å². The van der Waals surface area contributed by atoms with Crippen LogP contribution in [-0.2, 0) is 17.2 Å². The third kappa shape index (κ3) is 10.00. The molecule has 1 saturated carbocycles. The number of ether oxygens (including phenoxy) is 1. The second-order valence-electron chi connectivity index (χ2n) is 15.7. The van der Waals surface area contributed by atoms with Crippen LogP contribution in [-0.4, -0.2) is 90.1 Å². The van der Waals surface area contributed by atoms with Gasteiger partial charge in [-0.2, -0.15) is 0 Å². The number of rotatable bonds is 5. The number of halogens is 1. The van der Waals surface area contributed by atoms with Crippen LogP contribution in [0.25, 0.3) is 0 Å². The summed E-state index contributed by atoms with van der Waals surface area (Å²) in [6.07, 6.45) is 9.14. The molecule has 0 spiro atoms. The normalized spacial score (nSPS) is 31.7. The van der Waals surface area contributed by atoms with Gasteiger partial charge in [-0.05, 0) is 110 Å². The summed E-state index contributed by atoms with van der Waals surface area (Å²) in [5, 5.41) is 4.64. The Labute approximate surface area is 317 Å². The van der Waals surface area contributed by atoms with Crippen LogP contribution in [0.5, 0.6) is 5.75 Å². The van der Waals surface area contributed by atoms with Crippen molar-refractivity contribution in [3.63, 3.8) is 0 Å². The van der Waals surface area contributed by atoms with Gasteiger partial charge in [-0.3, -0.25) is 9.00 Å². The van der Waals surface area contributed by atoms with Crippen LogP contribution < -0.4 is 19.7 Å². The molecule has 2 aromatic rings. The molecular weight excluding hydrogens is 696 g/mol. The van der Waals surface area contributed by atoms with Crippen LogP contribution in [0.3, 0.4) is 0 Å². The number of hydrogen-bond donors (Lipinski definition) is 2. The van der Waals surface area contributed by atoms with E-state index in [1.807, 2.05) is 18.2 Å². The van der Waals surface area contributed by atoms with E-state index in [0.717, 1.165) is 99.5 Å². The lowest BCUT2D eigenvalue weighted by molar-refractivity contribution is 0.0697. The Balaban J connectivity index is 1.32. The molecule has 1 amide bonds. The Kier molecular flexibility index (Phi) is 14.0. The molecular formula is C41H61ClN4O3S2. The Morgan fingerprint density at radius 2 is 1.86 bits per heavy atom. The number of carbonyl (C=O) groups excluding carboxylic acids is 1. The highest BCUT2D eigenvalue weighted by Crippen LogP contribution is 2.45. The quantitative estimate of drug-likeness (QED) is 0.308. The molecule has 1 saturated heterocycles. The maximum absolute atomic E-state index is 13.7. The Morgan fingerprint density at radius 1 is 1.00 bits per heavy atom. The van der Waals surface area contributed by atoms with Crippen molar-refractivity contribution in [1.82, 2.24) is 14.9 Å². The van der Waals surface area contributed by atoms with Gasteiger partial charge >= 0.3 is 0 Å². The number of carbonyl (C=O) groups is 1. The Hall–Kier alpha value is -1.91. The largest absolute Gasteiger partial charge is 0.491 e. The second kappa shape index (κ2) is 18.4. The monoisotopic (exact) mass is 756 g/mol. The van der Waals surface area contributed by atoms with E-state index in [1.165, 1.54) is 36.8 Å². The smallest absolute Gasteiger partial charge is 0.260 e. The van der Waals surface area contributed by atoms with Crippen LogP contribution in [0.2, 0.25) is 5.02 Å². The number of fused-ring (bicyclic) bond motifs is 2. The van der Waals surface area contributed by atoms with Crippen molar-refractivity contribution in [2.45, 2.75) is 83.3 Å². The first-order chi connectivity index (χ1) is 24.7. The van der Waals surface area contributed by atoms with E-state index >= 15 is 0 Å². The molecule has 3 aliphatic heterocycles. The van der Waals surface area contributed by atoms with Crippen molar-refractivity contribution in [2.75, 3.05) is 68.8 Å². The lowest BCUT2D eigenvalue weighted by Gasteiger charge is -2.46. The fourth-order valence-corrected chi connectivity index (χ4v) is 11.3. The highest BCUT2D eigenvalue weighted by atomic mass is 35.5. The maximum atomic E-state index is 13.7. The molecule has 8 atom stereocenters. The van der Waals surface area contributed by atoms with Crippen LogP contribution >= 0.6 is 22.3 Å². The molecule has 2 N–H and O–H groups in total. The number of benzene rings is 2. The van der Waals surface area contributed by atoms with Gasteiger partial charge in [0.25, 0.3) is 5.91 Å². The zero-order chi connectivity index (χ0) is 35.9. The van der Waals surface area contributed by atoms with E-state index in [9.17, 15) is 9.00 Å². The number of nitrogens with zero attached hydrogens (tertiary/aromatic N) is 2. The van der Waals surface area contributed by atoms with E-state index in [4.69, 9.17) is 16.3 Å². The standard InChI is InChI=1S/C41H61ClN4O3S2/c1-5-8-31-23-36(42)13-15-37(31)35-27-46-26-34-11-14-38(34)33(25-45-19-7-21-51(48)22-18-43-17-20-45)10-6-9-29(2)30(3)50(4)44-41(47)32-12-16-40(49-28-35)39(46)24-32/h12-13,15-16,23-24,29-30,33-35,38,43H,4-11,14,17-22,25-28H2,1-3H3,(H,44,47). The van der Waals surface area contributed by atoms with Gasteiger partial charge in [0.05, 0.1) is 12.3 Å². The fourth-order valence-electron chi connectivity index (χ4n) is 8.83.